The number of anilines is 1. The zero-order valence-electron chi connectivity index (χ0n) is 24.8. The van der Waals surface area contributed by atoms with Gasteiger partial charge in [0.05, 0.1) is 6.42 Å². The summed E-state index contributed by atoms with van der Waals surface area (Å²) in [5.41, 5.74) is 8.66. The van der Waals surface area contributed by atoms with Gasteiger partial charge in [-0.2, -0.15) is 0 Å². The predicted octanol–water partition coefficient (Wildman–Crippen LogP) is 5.08. The number of unbranched alkanes of at least 4 members (excludes halogenated alkanes) is 2. The molecule has 0 radical (unpaired) electrons. The van der Waals surface area contributed by atoms with E-state index in [0.717, 1.165) is 29.5 Å². The van der Waals surface area contributed by atoms with Crippen LogP contribution >= 0.6 is 0 Å². The van der Waals surface area contributed by atoms with Crippen molar-refractivity contribution in [3.63, 3.8) is 0 Å². The summed E-state index contributed by atoms with van der Waals surface area (Å²) in [6.07, 6.45) is 1.04. The van der Waals surface area contributed by atoms with Crippen molar-refractivity contribution >= 4 is 29.5 Å². The average Bonchev–Trinajstić information content (AvgIpc) is 2.85. The lowest BCUT2D eigenvalue weighted by Crippen LogP contribution is -2.53. The van der Waals surface area contributed by atoms with Crippen molar-refractivity contribution in [1.29, 1.82) is 0 Å². The third kappa shape index (κ3) is 9.39. The smallest absolute Gasteiger partial charge is 0.408 e. The molecule has 0 aliphatic carbocycles. The number of hydrogen-bond acceptors (Lipinski definition) is 5. The summed E-state index contributed by atoms with van der Waals surface area (Å²) in [6.45, 7) is 13.1. The lowest BCUT2D eigenvalue weighted by Gasteiger charge is -2.35. The van der Waals surface area contributed by atoms with Gasteiger partial charge in [0.2, 0.25) is 11.8 Å². The number of rotatable bonds is 12. The van der Waals surface area contributed by atoms with E-state index in [1.54, 1.807) is 26.8 Å². The van der Waals surface area contributed by atoms with Crippen LogP contribution in [0.25, 0.3) is 0 Å². The molecular formula is C31H44N4O5. The highest BCUT2D eigenvalue weighted by atomic mass is 16.6. The van der Waals surface area contributed by atoms with Gasteiger partial charge in [0, 0.05) is 12.2 Å². The van der Waals surface area contributed by atoms with Gasteiger partial charge in [0.1, 0.15) is 17.7 Å². The van der Waals surface area contributed by atoms with Crippen LogP contribution in [-0.4, -0.2) is 46.9 Å². The lowest BCUT2D eigenvalue weighted by atomic mass is 9.94. The fourth-order valence-electron chi connectivity index (χ4n) is 4.38. The Labute approximate surface area is 237 Å². The van der Waals surface area contributed by atoms with E-state index in [1.165, 1.54) is 4.90 Å². The molecule has 0 bridgehead atoms. The number of hydrogen-bond donors (Lipinski definition) is 3. The summed E-state index contributed by atoms with van der Waals surface area (Å²) in [5, 5.41) is 5.52. The zero-order chi connectivity index (χ0) is 30.0. The zero-order valence-corrected chi connectivity index (χ0v) is 24.8. The van der Waals surface area contributed by atoms with Crippen LogP contribution < -0.4 is 16.4 Å². The number of amides is 4. The number of carbonyl (C=O) groups excluding carboxylic acids is 4. The summed E-state index contributed by atoms with van der Waals surface area (Å²) in [6, 6.07) is 10.7. The number of nitrogens with one attached hydrogen (secondary N) is 2. The number of primary amides is 1. The van der Waals surface area contributed by atoms with Crippen LogP contribution in [0.4, 0.5) is 10.5 Å². The largest absolute Gasteiger partial charge is 0.444 e. The molecule has 0 aromatic heterocycles. The molecule has 2 rings (SSSR count). The molecule has 2 aromatic rings. The fourth-order valence-corrected chi connectivity index (χ4v) is 4.38. The summed E-state index contributed by atoms with van der Waals surface area (Å²) in [5.74, 6) is -1.76. The number of nitrogens with zero attached hydrogens (tertiary/aromatic N) is 1. The van der Waals surface area contributed by atoms with Crippen LogP contribution in [-0.2, 0) is 19.1 Å². The molecule has 0 saturated carbocycles. The summed E-state index contributed by atoms with van der Waals surface area (Å²) >= 11 is 0. The molecule has 9 heteroatoms. The maximum atomic E-state index is 14.2. The minimum absolute atomic E-state index is 0.233. The molecule has 40 heavy (non-hydrogen) atoms. The first kappa shape index (κ1) is 32.3. The van der Waals surface area contributed by atoms with E-state index in [4.69, 9.17) is 10.5 Å². The number of alkyl carbamates (subject to hydrolysis) is 1. The highest BCUT2D eigenvalue weighted by Crippen LogP contribution is 2.30. The van der Waals surface area contributed by atoms with Gasteiger partial charge in [-0.05, 0) is 76.3 Å². The van der Waals surface area contributed by atoms with E-state index < -0.39 is 47.9 Å². The highest BCUT2D eigenvalue weighted by molar-refractivity contribution is 6.00. The van der Waals surface area contributed by atoms with Crippen LogP contribution in [0, 0.1) is 20.8 Å². The fraction of sp³-hybridized carbons (Fsp3) is 0.484. The van der Waals surface area contributed by atoms with Gasteiger partial charge in [0.15, 0.2) is 0 Å². The molecule has 0 saturated heterocycles. The van der Waals surface area contributed by atoms with Crippen molar-refractivity contribution in [2.45, 2.75) is 91.8 Å². The number of nitrogens with two attached hydrogens (primary N) is 1. The average molecular weight is 553 g/mol. The third-order valence-corrected chi connectivity index (χ3v) is 6.58. The van der Waals surface area contributed by atoms with Crippen molar-refractivity contribution in [3.8, 4) is 0 Å². The van der Waals surface area contributed by atoms with Gasteiger partial charge >= 0.3 is 6.09 Å². The molecule has 0 aliphatic heterocycles. The maximum Gasteiger partial charge on any atom is 0.408 e. The topological polar surface area (TPSA) is 131 Å². The van der Waals surface area contributed by atoms with Crippen molar-refractivity contribution in [3.05, 3.63) is 64.7 Å². The Kier molecular flexibility index (Phi) is 11.7. The van der Waals surface area contributed by atoms with Gasteiger partial charge in [-0.25, -0.2) is 4.79 Å². The van der Waals surface area contributed by atoms with E-state index in [2.05, 4.69) is 10.6 Å². The quantitative estimate of drug-likeness (QED) is 0.316. The SMILES string of the molecule is CCCCCN(C(=O)C(CC(N)=O)NC(=O)OC(C)(C)C)C(C(=O)Nc1ccccc1C)c1cccc(C)c1C. The number of benzene rings is 2. The molecule has 2 atom stereocenters. The Morgan fingerprint density at radius 3 is 2.20 bits per heavy atom. The van der Waals surface area contributed by atoms with Crippen LogP contribution in [0.5, 0.6) is 0 Å². The van der Waals surface area contributed by atoms with Gasteiger partial charge in [-0.1, -0.05) is 56.2 Å². The molecule has 4 N–H and O–H groups in total. The van der Waals surface area contributed by atoms with Crippen LogP contribution in [0.1, 0.15) is 81.7 Å². The number of ether oxygens (including phenoxy) is 1. The first-order valence-corrected chi connectivity index (χ1v) is 13.8. The Hall–Kier alpha value is -3.88. The van der Waals surface area contributed by atoms with Gasteiger partial charge in [-0.3, -0.25) is 14.4 Å². The Bertz CT molecular complexity index is 1200. The second-order valence-corrected chi connectivity index (χ2v) is 11.1. The third-order valence-electron chi connectivity index (χ3n) is 6.58. The molecule has 2 unspecified atom stereocenters. The van der Waals surface area contributed by atoms with Crippen LogP contribution in [0.3, 0.4) is 0 Å². The van der Waals surface area contributed by atoms with E-state index in [-0.39, 0.29) is 6.54 Å². The lowest BCUT2D eigenvalue weighted by molar-refractivity contribution is -0.142. The Morgan fingerprint density at radius 2 is 1.60 bits per heavy atom. The molecule has 218 valence electrons. The Morgan fingerprint density at radius 1 is 0.950 bits per heavy atom. The number of aryl methyl sites for hydroxylation is 2. The molecular weight excluding hydrogens is 508 g/mol. The minimum atomic E-state index is -1.31. The molecule has 9 nitrogen and oxygen atoms in total. The number of para-hydroxylation sites is 1. The van der Waals surface area contributed by atoms with Gasteiger partial charge < -0.3 is 26.0 Å². The predicted molar refractivity (Wildman–Crippen MR) is 157 cm³/mol. The summed E-state index contributed by atoms with van der Waals surface area (Å²) < 4.78 is 5.35. The van der Waals surface area contributed by atoms with Crippen molar-refractivity contribution in [1.82, 2.24) is 10.2 Å². The minimum Gasteiger partial charge on any atom is -0.444 e. The van der Waals surface area contributed by atoms with Gasteiger partial charge in [-0.15, -0.1) is 0 Å². The van der Waals surface area contributed by atoms with Crippen LogP contribution in [0.2, 0.25) is 0 Å². The van der Waals surface area contributed by atoms with Crippen LogP contribution in [0.15, 0.2) is 42.5 Å². The van der Waals surface area contributed by atoms with Crippen molar-refractivity contribution in [2.75, 3.05) is 11.9 Å². The molecule has 0 fully saturated rings. The molecule has 0 spiro atoms. The van der Waals surface area contributed by atoms with Crippen molar-refractivity contribution < 1.29 is 23.9 Å². The summed E-state index contributed by atoms with van der Waals surface area (Å²) in [7, 11) is 0. The molecule has 2 aromatic carbocycles. The monoisotopic (exact) mass is 552 g/mol. The molecule has 0 aliphatic rings. The van der Waals surface area contributed by atoms with E-state index in [9.17, 15) is 19.2 Å². The Balaban J connectivity index is 2.62. The van der Waals surface area contributed by atoms with Crippen molar-refractivity contribution in [2.24, 2.45) is 5.73 Å². The number of carbonyl (C=O) groups is 4. The van der Waals surface area contributed by atoms with Gasteiger partial charge in [0.25, 0.3) is 5.91 Å². The normalized spacial score (nSPS) is 12.7. The first-order valence-electron chi connectivity index (χ1n) is 13.8. The second kappa shape index (κ2) is 14.5. The standard InChI is InChI=1S/C31H44N4O5/c1-8-9-12-18-35(29(38)25(19-26(32)36)34-30(39)40-31(5,6)7)27(23-16-13-15-20(2)22(23)4)28(37)33-24-17-11-10-14-21(24)3/h10-11,13-17,25,27H,8-9,12,18-19H2,1-7H3,(H2,32,36)(H,33,37)(H,34,39). The molecule has 4 amide bonds. The van der Waals surface area contributed by atoms with E-state index in [1.807, 2.05) is 64.1 Å². The maximum absolute atomic E-state index is 14.2. The highest BCUT2D eigenvalue weighted by Gasteiger charge is 2.37. The first-order chi connectivity index (χ1) is 18.7. The molecule has 0 heterocycles. The van der Waals surface area contributed by atoms with E-state index >= 15 is 0 Å². The second-order valence-electron chi connectivity index (χ2n) is 11.1. The summed E-state index contributed by atoms with van der Waals surface area (Å²) in [4.78, 5) is 54.3. The van der Waals surface area contributed by atoms with E-state index in [0.29, 0.717) is 17.7 Å².